The molecule has 0 N–H and O–H groups in total. The van der Waals surface area contributed by atoms with E-state index in [4.69, 9.17) is 4.74 Å². The van der Waals surface area contributed by atoms with Crippen LogP contribution < -0.4 is 4.90 Å². The van der Waals surface area contributed by atoms with E-state index in [2.05, 4.69) is 0 Å². The van der Waals surface area contributed by atoms with E-state index in [9.17, 15) is 21.9 Å². The number of halogens is 1. The van der Waals surface area contributed by atoms with Gasteiger partial charge in [-0.15, -0.1) is 15.2 Å². The molecule has 2 rings (SSSR count). The first-order chi connectivity index (χ1) is 10.7. The number of carbonyl (C=O) groups is 2. The summed E-state index contributed by atoms with van der Waals surface area (Å²) in [7, 11) is -4.64. The van der Waals surface area contributed by atoms with Crippen LogP contribution in [0.5, 0.6) is 0 Å². The molecule has 1 aromatic heterocycles. The molecule has 0 spiro atoms. The van der Waals surface area contributed by atoms with Crippen LogP contribution in [0.15, 0.2) is 6.07 Å². The predicted molar refractivity (Wildman–Crippen MR) is 85.0 cm³/mol. The number of thiophene rings is 1. The van der Waals surface area contributed by atoms with Crippen LogP contribution in [0.25, 0.3) is 0 Å². The van der Waals surface area contributed by atoms with E-state index in [0.717, 1.165) is 4.88 Å². The number of rotatable bonds is 6. The molecule has 1 amide bonds. The topological polar surface area (TPSA) is 80.8 Å². The largest absolute Gasteiger partial charge is 0.462 e. The van der Waals surface area contributed by atoms with Crippen molar-refractivity contribution < 1.29 is 26.6 Å². The molecule has 1 aliphatic rings. The van der Waals surface area contributed by atoms with Crippen molar-refractivity contribution in [1.29, 1.82) is 0 Å². The second-order valence-electron chi connectivity index (χ2n) is 5.29. The van der Waals surface area contributed by atoms with Gasteiger partial charge in [-0.25, -0.2) is 4.79 Å². The fourth-order valence-electron chi connectivity index (χ4n) is 2.53. The number of hydrogen-bond acceptors (Lipinski definition) is 6. The standard InChI is InChI=1S/C14H18FNO5S2/c1-3-10-6-11(14(18)21-4-2)13(22-10)16-7-9(5-12(16)17)8-23(15,19)20/h6,9H,3-5,7-8H2,1-2H3. The maximum Gasteiger partial charge on any atom is 0.341 e. The summed E-state index contributed by atoms with van der Waals surface area (Å²) >= 11 is 1.30. The summed E-state index contributed by atoms with van der Waals surface area (Å²) in [6.45, 7) is 3.91. The highest BCUT2D eigenvalue weighted by Gasteiger charge is 2.36. The number of carbonyl (C=O) groups excluding carboxylic acids is 2. The number of aryl methyl sites for hydroxylation is 1. The first kappa shape index (κ1) is 17.9. The molecule has 1 fully saturated rings. The highest BCUT2D eigenvalue weighted by atomic mass is 32.3. The quantitative estimate of drug-likeness (QED) is 0.571. The molecule has 1 aliphatic heterocycles. The molecule has 0 aliphatic carbocycles. The van der Waals surface area contributed by atoms with E-state index in [1.807, 2.05) is 6.92 Å². The van der Waals surface area contributed by atoms with Gasteiger partial charge in [0, 0.05) is 23.8 Å². The lowest BCUT2D eigenvalue weighted by Crippen LogP contribution is -2.26. The molecule has 128 valence electrons. The van der Waals surface area contributed by atoms with Gasteiger partial charge in [-0.1, -0.05) is 6.92 Å². The van der Waals surface area contributed by atoms with Crippen LogP contribution in [0, 0.1) is 5.92 Å². The van der Waals surface area contributed by atoms with E-state index in [1.165, 1.54) is 16.2 Å². The van der Waals surface area contributed by atoms with Crippen molar-refractivity contribution in [1.82, 2.24) is 0 Å². The zero-order valence-electron chi connectivity index (χ0n) is 12.9. The van der Waals surface area contributed by atoms with Gasteiger partial charge in [0.05, 0.1) is 17.9 Å². The number of anilines is 1. The highest BCUT2D eigenvalue weighted by Crippen LogP contribution is 2.36. The van der Waals surface area contributed by atoms with Crippen LogP contribution in [0.4, 0.5) is 8.89 Å². The lowest BCUT2D eigenvalue weighted by molar-refractivity contribution is -0.117. The summed E-state index contributed by atoms with van der Waals surface area (Å²) < 4.78 is 39.4. The number of hydrogen-bond donors (Lipinski definition) is 0. The minimum absolute atomic E-state index is 0.0508. The molecular formula is C14H18FNO5S2. The Labute approximate surface area is 138 Å². The second kappa shape index (κ2) is 6.96. The fraction of sp³-hybridized carbons (Fsp3) is 0.571. The Bertz CT molecular complexity index is 713. The molecule has 9 heteroatoms. The monoisotopic (exact) mass is 363 g/mol. The number of nitrogens with zero attached hydrogens (tertiary/aromatic N) is 1. The minimum atomic E-state index is -4.64. The van der Waals surface area contributed by atoms with E-state index in [-0.39, 0.29) is 25.5 Å². The van der Waals surface area contributed by atoms with Crippen molar-refractivity contribution in [2.24, 2.45) is 5.92 Å². The van der Waals surface area contributed by atoms with Gasteiger partial charge in [-0.2, -0.15) is 8.42 Å². The Balaban J connectivity index is 2.28. The molecule has 0 aromatic carbocycles. The van der Waals surface area contributed by atoms with Crippen LogP contribution in [-0.2, 0) is 26.2 Å². The maximum atomic E-state index is 12.8. The molecule has 1 aromatic rings. The van der Waals surface area contributed by atoms with Gasteiger partial charge < -0.3 is 9.64 Å². The Hall–Kier alpha value is -1.48. The van der Waals surface area contributed by atoms with Gasteiger partial charge in [0.1, 0.15) is 5.00 Å². The lowest BCUT2D eigenvalue weighted by Gasteiger charge is -2.16. The smallest absolute Gasteiger partial charge is 0.341 e. The van der Waals surface area contributed by atoms with E-state index < -0.39 is 27.9 Å². The predicted octanol–water partition coefficient (Wildman–Crippen LogP) is 2.14. The maximum absolute atomic E-state index is 12.8. The first-order valence-corrected chi connectivity index (χ1v) is 9.64. The molecule has 1 unspecified atom stereocenters. The molecule has 0 saturated carbocycles. The number of esters is 1. The average Bonchev–Trinajstić information content (AvgIpc) is 3.00. The zero-order valence-corrected chi connectivity index (χ0v) is 14.5. The molecule has 0 bridgehead atoms. The molecule has 1 atom stereocenters. The Morgan fingerprint density at radius 1 is 1.48 bits per heavy atom. The average molecular weight is 363 g/mol. The van der Waals surface area contributed by atoms with Gasteiger partial charge in [-0.3, -0.25) is 4.79 Å². The molecule has 0 radical (unpaired) electrons. The Morgan fingerprint density at radius 2 is 2.17 bits per heavy atom. The Morgan fingerprint density at radius 3 is 2.74 bits per heavy atom. The minimum Gasteiger partial charge on any atom is -0.462 e. The van der Waals surface area contributed by atoms with Crippen molar-refractivity contribution in [2.45, 2.75) is 26.7 Å². The van der Waals surface area contributed by atoms with Gasteiger partial charge in [-0.05, 0) is 19.4 Å². The third-order valence-corrected chi connectivity index (χ3v) is 5.66. The molecule has 6 nitrogen and oxygen atoms in total. The van der Waals surface area contributed by atoms with Crippen LogP contribution in [-0.4, -0.2) is 39.2 Å². The van der Waals surface area contributed by atoms with Gasteiger partial charge in [0.25, 0.3) is 0 Å². The molecular weight excluding hydrogens is 345 g/mol. The summed E-state index contributed by atoms with van der Waals surface area (Å²) in [5, 5.41) is 0.448. The number of amides is 1. The highest BCUT2D eigenvalue weighted by molar-refractivity contribution is 7.86. The summed E-state index contributed by atoms with van der Waals surface area (Å²) in [6.07, 6.45) is 0.645. The fourth-order valence-corrected chi connectivity index (χ4v) is 4.43. The zero-order chi connectivity index (χ0) is 17.2. The molecule has 1 saturated heterocycles. The summed E-state index contributed by atoms with van der Waals surface area (Å²) in [6, 6.07) is 1.69. The number of ether oxygens (including phenoxy) is 1. The van der Waals surface area contributed by atoms with Crippen molar-refractivity contribution in [3.05, 3.63) is 16.5 Å². The first-order valence-electron chi connectivity index (χ1n) is 7.27. The third-order valence-electron chi connectivity index (χ3n) is 3.49. The van der Waals surface area contributed by atoms with Crippen molar-refractivity contribution >= 4 is 38.4 Å². The third kappa shape index (κ3) is 4.29. The van der Waals surface area contributed by atoms with E-state index in [0.29, 0.717) is 17.0 Å². The van der Waals surface area contributed by atoms with E-state index >= 15 is 0 Å². The molecule has 2 heterocycles. The summed E-state index contributed by atoms with van der Waals surface area (Å²) in [5.74, 6) is -2.13. The van der Waals surface area contributed by atoms with Gasteiger partial charge >= 0.3 is 16.2 Å². The second-order valence-corrected chi connectivity index (χ2v) is 7.81. The van der Waals surface area contributed by atoms with Crippen LogP contribution in [0.1, 0.15) is 35.5 Å². The van der Waals surface area contributed by atoms with Crippen LogP contribution >= 0.6 is 11.3 Å². The normalized spacial score (nSPS) is 18.5. The lowest BCUT2D eigenvalue weighted by atomic mass is 10.1. The van der Waals surface area contributed by atoms with Gasteiger partial charge in [0.15, 0.2) is 0 Å². The summed E-state index contributed by atoms with van der Waals surface area (Å²) in [5.41, 5.74) is 0.297. The van der Waals surface area contributed by atoms with Crippen molar-refractivity contribution in [3.8, 4) is 0 Å². The van der Waals surface area contributed by atoms with Crippen molar-refractivity contribution in [3.63, 3.8) is 0 Å². The summed E-state index contributed by atoms with van der Waals surface area (Å²) in [4.78, 5) is 26.5. The van der Waals surface area contributed by atoms with Crippen molar-refractivity contribution in [2.75, 3.05) is 23.8 Å². The Kier molecular flexibility index (Phi) is 5.41. The van der Waals surface area contributed by atoms with E-state index in [1.54, 1.807) is 13.0 Å². The molecule has 23 heavy (non-hydrogen) atoms. The SMILES string of the molecule is CCOC(=O)c1cc(CC)sc1N1CC(CS(=O)(=O)F)CC1=O. The van der Waals surface area contributed by atoms with Crippen LogP contribution in [0.2, 0.25) is 0 Å². The van der Waals surface area contributed by atoms with Gasteiger partial charge in [0.2, 0.25) is 5.91 Å². The van der Waals surface area contributed by atoms with Crippen LogP contribution in [0.3, 0.4) is 0 Å².